The van der Waals surface area contributed by atoms with Gasteiger partial charge in [-0.2, -0.15) is 0 Å². The van der Waals surface area contributed by atoms with Crippen molar-refractivity contribution in [1.29, 1.82) is 0 Å². The number of alkyl halides is 1. The molecule has 1 fully saturated rings. The predicted octanol–water partition coefficient (Wildman–Crippen LogP) is 2.96. The van der Waals surface area contributed by atoms with Gasteiger partial charge in [-0.15, -0.1) is 21.8 Å². The van der Waals surface area contributed by atoms with Crippen LogP contribution in [0.4, 0.5) is 0 Å². The van der Waals surface area contributed by atoms with Crippen molar-refractivity contribution >= 4 is 11.6 Å². The van der Waals surface area contributed by atoms with E-state index < -0.39 is 0 Å². The fourth-order valence-electron chi connectivity index (χ4n) is 2.25. The Balaban J connectivity index is 2.27. The molecule has 1 aliphatic rings. The summed E-state index contributed by atoms with van der Waals surface area (Å²) in [6, 6.07) is 0. The summed E-state index contributed by atoms with van der Waals surface area (Å²) < 4.78 is 5.47. The molecule has 0 atom stereocenters. The SMILES string of the molecule is CC1(C)C(c2nnc(CCl)o2)C1(C)C. The molecule has 0 amide bonds. The van der Waals surface area contributed by atoms with Gasteiger partial charge in [0.15, 0.2) is 0 Å². The number of aromatic nitrogens is 2. The summed E-state index contributed by atoms with van der Waals surface area (Å²) in [5.41, 5.74) is 0.478. The summed E-state index contributed by atoms with van der Waals surface area (Å²) >= 11 is 5.61. The normalized spacial score (nSPS) is 23.8. The molecule has 0 saturated heterocycles. The van der Waals surface area contributed by atoms with Crippen LogP contribution < -0.4 is 0 Å². The molecule has 0 unspecified atom stereocenters. The first-order valence-electron chi connectivity index (χ1n) is 4.79. The number of hydrogen-bond donors (Lipinski definition) is 0. The molecule has 4 heteroatoms. The van der Waals surface area contributed by atoms with Crippen LogP contribution in [0.2, 0.25) is 0 Å². The summed E-state index contributed by atoms with van der Waals surface area (Å²) in [6.07, 6.45) is 0. The van der Waals surface area contributed by atoms with Gasteiger partial charge in [0.05, 0.1) is 0 Å². The van der Waals surface area contributed by atoms with Crippen molar-refractivity contribution in [2.45, 2.75) is 39.5 Å². The highest BCUT2D eigenvalue weighted by molar-refractivity contribution is 6.16. The lowest BCUT2D eigenvalue weighted by atomic mass is 10.0. The Morgan fingerprint density at radius 3 is 2.14 bits per heavy atom. The van der Waals surface area contributed by atoms with Crippen LogP contribution in [0.15, 0.2) is 4.42 Å². The number of nitrogens with zero attached hydrogens (tertiary/aromatic N) is 2. The first-order chi connectivity index (χ1) is 6.41. The van der Waals surface area contributed by atoms with E-state index in [2.05, 4.69) is 37.9 Å². The third kappa shape index (κ3) is 1.11. The molecule has 0 aliphatic heterocycles. The summed E-state index contributed by atoms with van der Waals surface area (Å²) in [5.74, 6) is 1.90. The van der Waals surface area contributed by atoms with Gasteiger partial charge in [0, 0.05) is 5.92 Å². The first-order valence-corrected chi connectivity index (χ1v) is 5.33. The summed E-state index contributed by atoms with van der Waals surface area (Å²) in [6.45, 7) is 8.90. The Morgan fingerprint density at radius 2 is 1.79 bits per heavy atom. The van der Waals surface area contributed by atoms with Crippen LogP contribution in [0.1, 0.15) is 45.4 Å². The molecule has 78 valence electrons. The zero-order valence-electron chi connectivity index (χ0n) is 8.97. The zero-order chi connectivity index (χ0) is 10.6. The Bertz CT molecular complexity index is 343. The van der Waals surface area contributed by atoms with Gasteiger partial charge in [-0.05, 0) is 10.8 Å². The molecule has 1 aromatic rings. The van der Waals surface area contributed by atoms with E-state index in [0.717, 1.165) is 5.89 Å². The van der Waals surface area contributed by atoms with Crippen molar-refractivity contribution in [3.8, 4) is 0 Å². The smallest absolute Gasteiger partial charge is 0.231 e. The fourth-order valence-corrected chi connectivity index (χ4v) is 2.36. The highest BCUT2D eigenvalue weighted by Gasteiger charge is 2.67. The first kappa shape index (κ1) is 9.97. The highest BCUT2D eigenvalue weighted by atomic mass is 35.5. The van der Waals surface area contributed by atoms with Crippen LogP contribution in [0, 0.1) is 10.8 Å². The zero-order valence-corrected chi connectivity index (χ0v) is 9.72. The van der Waals surface area contributed by atoms with Gasteiger partial charge in [0.1, 0.15) is 5.88 Å². The maximum Gasteiger partial charge on any atom is 0.231 e. The van der Waals surface area contributed by atoms with Gasteiger partial charge in [0.25, 0.3) is 0 Å². The third-order valence-electron chi connectivity index (χ3n) is 3.86. The van der Waals surface area contributed by atoms with Crippen LogP contribution in [-0.4, -0.2) is 10.2 Å². The van der Waals surface area contributed by atoms with Crippen LogP contribution in [-0.2, 0) is 5.88 Å². The molecular formula is C10H15ClN2O. The van der Waals surface area contributed by atoms with Crippen molar-refractivity contribution in [3.05, 3.63) is 11.8 Å². The minimum Gasteiger partial charge on any atom is -0.424 e. The van der Waals surface area contributed by atoms with Gasteiger partial charge in [0.2, 0.25) is 11.8 Å². The van der Waals surface area contributed by atoms with Crippen LogP contribution in [0.5, 0.6) is 0 Å². The summed E-state index contributed by atoms with van der Waals surface area (Å²) in [7, 11) is 0. The van der Waals surface area contributed by atoms with Crippen molar-refractivity contribution in [2.75, 3.05) is 0 Å². The minimum atomic E-state index is 0.239. The topological polar surface area (TPSA) is 38.9 Å². The van der Waals surface area contributed by atoms with Crippen molar-refractivity contribution in [1.82, 2.24) is 10.2 Å². The van der Waals surface area contributed by atoms with E-state index in [0.29, 0.717) is 17.7 Å². The maximum absolute atomic E-state index is 5.61. The molecule has 1 saturated carbocycles. The summed E-state index contributed by atoms with van der Waals surface area (Å²) in [5, 5.41) is 7.92. The Labute approximate surface area is 88.9 Å². The lowest BCUT2D eigenvalue weighted by molar-refractivity contribution is 0.443. The van der Waals surface area contributed by atoms with Gasteiger partial charge in [-0.1, -0.05) is 27.7 Å². The standard InChI is InChI=1S/C10H15ClN2O/c1-9(2)7(10(9,3)4)8-13-12-6(5-11)14-8/h7H,5H2,1-4H3. The van der Waals surface area contributed by atoms with Gasteiger partial charge < -0.3 is 4.42 Å². The van der Waals surface area contributed by atoms with Crippen molar-refractivity contribution in [3.63, 3.8) is 0 Å². The molecule has 1 heterocycles. The Kier molecular flexibility index (Phi) is 1.94. The Morgan fingerprint density at radius 1 is 1.21 bits per heavy atom. The lowest BCUT2D eigenvalue weighted by Crippen LogP contribution is -1.95. The van der Waals surface area contributed by atoms with E-state index in [1.54, 1.807) is 0 Å². The average Bonchev–Trinajstić information content (AvgIpc) is 2.51. The molecule has 14 heavy (non-hydrogen) atoms. The van der Waals surface area contributed by atoms with E-state index in [9.17, 15) is 0 Å². The largest absolute Gasteiger partial charge is 0.424 e. The molecule has 0 bridgehead atoms. The molecule has 0 radical (unpaired) electrons. The number of hydrogen-bond acceptors (Lipinski definition) is 3. The van der Waals surface area contributed by atoms with E-state index >= 15 is 0 Å². The summed E-state index contributed by atoms with van der Waals surface area (Å²) in [4.78, 5) is 0. The second-order valence-electron chi connectivity index (χ2n) is 5.04. The van der Waals surface area contributed by atoms with E-state index in [-0.39, 0.29) is 10.8 Å². The van der Waals surface area contributed by atoms with E-state index in [1.807, 2.05) is 0 Å². The average molecular weight is 215 g/mol. The van der Waals surface area contributed by atoms with Crippen LogP contribution >= 0.6 is 11.6 Å². The van der Waals surface area contributed by atoms with Crippen LogP contribution in [0.25, 0.3) is 0 Å². The monoisotopic (exact) mass is 214 g/mol. The van der Waals surface area contributed by atoms with Gasteiger partial charge in [-0.25, -0.2) is 0 Å². The Hall–Kier alpha value is -0.570. The molecular weight excluding hydrogens is 200 g/mol. The molecule has 0 spiro atoms. The molecule has 2 rings (SSSR count). The van der Waals surface area contributed by atoms with E-state index in [1.165, 1.54) is 0 Å². The second-order valence-corrected chi connectivity index (χ2v) is 5.31. The van der Waals surface area contributed by atoms with Crippen LogP contribution in [0.3, 0.4) is 0 Å². The molecule has 1 aliphatic carbocycles. The predicted molar refractivity (Wildman–Crippen MR) is 54.2 cm³/mol. The van der Waals surface area contributed by atoms with Crippen molar-refractivity contribution in [2.24, 2.45) is 10.8 Å². The number of rotatable bonds is 2. The van der Waals surface area contributed by atoms with Gasteiger partial charge in [-0.3, -0.25) is 0 Å². The van der Waals surface area contributed by atoms with Crippen molar-refractivity contribution < 1.29 is 4.42 Å². The second kappa shape index (κ2) is 2.72. The quantitative estimate of drug-likeness (QED) is 0.711. The molecule has 0 aromatic carbocycles. The molecule has 3 nitrogen and oxygen atoms in total. The highest BCUT2D eigenvalue weighted by Crippen LogP contribution is 2.73. The van der Waals surface area contributed by atoms with E-state index in [4.69, 9.17) is 16.0 Å². The van der Waals surface area contributed by atoms with Gasteiger partial charge >= 0.3 is 0 Å². The number of halogens is 1. The maximum atomic E-state index is 5.61. The molecule has 0 N–H and O–H groups in total. The molecule has 1 aromatic heterocycles. The lowest BCUT2D eigenvalue weighted by Gasteiger charge is -2.03. The third-order valence-corrected chi connectivity index (χ3v) is 4.09. The fraction of sp³-hybridized carbons (Fsp3) is 0.800. The minimum absolute atomic E-state index is 0.239.